The van der Waals surface area contributed by atoms with Crippen molar-refractivity contribution in [3.8, 4) is 0 Å². The van der Waals surface area contributed by atoms with Gasteiger partial charge in [-0.1, -0.05) is 19.8 Å². The maximum Gasteiger partial charge on any atom is 0.0640 e. The van der Waals surface area contributed by atoms with Gasteiger partial charge in [0, 0.05) is 18.7 Å². The molecule has 2 aliphatic carbocycles. The van der Waals surface area contributed by atoms with Crippen molar-refractivity contribution < 1.29 is 0 Å². The van der Waals surface area contributed by atoms with Crippen LogP contribution in [-0.4, -0.2) is 22.9 Å². The summed E-state index contributed by atoms with van der Waals surface area (Å²) >= 11 is 0. The predicted molar refractivity (Wildman–Crippen MR) is 73.6 cm³/mol. The number of likely N-dealkylation sites (N-methyl/N-ethyl adjacent to an activating group) is 1. The van der Waals surface area contributed by atoms with E-state index >= 15 is 0 Å². The molecule has 0 aliphatic heterocycles. The topological polar surface area (TPSA) is 29.9 Å². The molecule has 1 N–H and O–H groups in total. The molecule has 18 heavy (non-hydrogen) atoms. The molecule has 3 nitrogen and oxygen atoms in total. The molecule has 0 spiro atoms. The van der Waals surface area contributed by atoms with Gasteiger partial charge in [-0.15, -0.1) is 0 Å². The zero-order chi connectivity index (χ0) is 12.5. The van der Waals surface area contributed by atoms with Crippen LogP contribution in [0, 0.1) is 11.8 Å². The molecule has 0 amide bonds. The standard InChI is InChI=1S/C15H25N3/c1-11-9-14(11)15(16-2)10-12-7-8-18(17-12)13-5-3-4-6-13/h7-8,11,13-16H,3-6,9-10H2,1-2H3. The van der Waals surface area contributed by atoms with Crippen LogP contribution >= 0.6 is 0 Å². The minimum absolute atomic E-state index is 0.618. The first kappa shape index (κ1) is 12.2. The highest BCUT2D eigenvalue weighted by Gasteiger charge is 2.38. The summed E-state index contributed by atoms with van der Waals surface area (Å²) in [6.07, 6.45) is 10.0. The maximum atomic E-state index is 4.79. The van der Waals surface area contributed by atoms with Gasteiger partial charge in [-0.05, 0) is 44.2 Å². The van der Waals surface area contributed by atoms with Crippen molar-refractivity contribution in [1.82, 2.24) is 15.1 Å². The summed E-state index contributed by atoms with van der Waals surface area (Å²) in [6, 6.07) is 3.51. The second-order valence-electron chi connectivity index (χ2n) is 6.20. The van der Waals surface area contributed by atoms with Crippen molar-refractivity contribution in [3.05, 3.63) is 18.0 Å². The van der Waals surface area contributed by atoms with Crippen LogP contribution in [0.4, 0.5) is 0 Å². The van der Waals surface area contributed by atoms with E-state index in [1.165, 1.54) is 37.8 Å². The van der Waals surface area contributed by atoms with Gasteiger partial charge >= 0.3 is 0 Å². The van der Waals surface area contributed by atoms with Crippen molar-refractivity contribution in [2.24, 2.45) is 11.8 Å². The lowest BCUT2D eigenvalue weighted by atomic mass is 10.1. The van der Waals surface area contributed by atoms with E-state index < -0.39 is 0 Å². The normalized spacial score (nSPS) is 29.7. The molecule has 3 heteroatoms. The molecular weight excluding hydrogens is 222 g/mol. The molecule has 100 valence electrons. The van der Waals surface area contributed by atoms with E-state index in [0.29, 0.717) is 12.1 Å². The summed E-state index contributed by atoms with van der Waals surface area (Å²) in [5, 5.41) is 8.26. The molecule has 3 unspecified atom stereocenters. The molecule has 3 atom stereocenters. The molecule has 2 aliphatic rings. The third kappa shape index (κ3) is 2.46. The Morgan fingerprint density at radius 1 is 1.44 bits per heavy atom. The second-order valence-corrected chi connectivity index (χ2v) is 6.20. The number of nitrogens with zero attached hydrogens (tertiary/aromatic N) is 2. The quantitative estimate of drug-likeness (QED) is 0.867. The lowest BCUT2D eigenvalue weighted by Crippen LogP contribution is -2.30. The van der Waals surface area contributed by atoms with Gasteiger partial charge in [0.2, 0.25) is 0 Å². The highest BCUT2D eigenvalue weighted by molar-refractivity contribution is 5.06. The highest BCUT2D eigenvalue weighted by atomic mass is 15.3. The Bertz CT molecular complexity index is 392. The molecule has 2 fully saturated rings. The Hall–Kier alpha value is -0.830. The maximum absolute atomic E-state index is 4.79. The van der Waals surface area contributed by atoms with Crippen molar-refractivity contribution in [2.45, 2.75) is 57.5 Å². The monoisotopic (exact) mass is 247 g/mol. The Morgan fingerprint density at radius 2 is 2.17 bits per heavy atom. The van der Waals surface area contributed by atoms with Crippen LogP contribution in [0.15, 0.2) is 12.3 Å². The molecule has 2 saturated carbocycles. The van der Waals surface area contributed by atoms with Crippen LogP contribution in [0.3, 0.4) is 0 Å². The predicted octanol–water partition coefficient (Wildman–Crippen LogP) is 2.78. The molecule has 0 radical (unpaired) electrons. The number of aromatic nitrogens is 2. The van der Waals surface area contributed by atoms with Crippen molar-refractivity contribution in [1.29, 1.82) is 0 Å². The van der Waals surface area contributed by atoms with E-state index in [0.717, 1.165) is 18.3 Å². The van der Waals surface area contributed by atoms with E-state index in [-0.39, 0.29) is 0 Å². The number of hydrogen-bond acceptors (Lipinski definition) is 2. The SMILES string of the molecule is CNC(Cc1ccn(C2CCCC2)n1)C1CC1C. The zero-order valence-electron chi connectivity index (χ0n) is 11.6. The summed E-state index contributed by atoms with van der Waals surface area (Å²) < 4.78 is 2.21. The number of nitrogens with one attached hydrogen (secondary N) is 1. The molecule has 1 aromatic rings. The highest BCUT2D eigenvalue weighted by Crippen LogP contribution is 2.41. The van der Waals surface area contributed by atoms with Crippen LogP contribution in [0.2, 0.25) is 0 Å². The van der Waals surface area contributed by atoms with Gasteiger partial charge in [0.25, 0.3) is 0 Å². The van der Waals surface area contributed by atoms with Gasteiger partial charge in [0.1, 0.15) is 0 Å². The Balaban J connectivity index is 1.62. The van der Waals surface area contributed by atoms with Gasteiger partial charge in [-0.2, -0.15) is 5.10 Å². The van der Waals surface area contributed by atoms with Gasteiger partial charge < -0.3 is 5.32 Å². The van der Waals surface area contributed by atoms with Crippen LogP contribution < -0.4 is 5.32 Å². The Kier molecular flexibility index (Phi) is 3.42. The third-order valence-electron chi connectivity index (χ3n) is 4.85. The van der Waals surface area contributed by atoms with Crippen LogP contribution in [0.1, 0.15) is 50.8 Å². The Morgan fingerprint density at radius 3 is 2.78 bits per heavy atom. The van der Waals surface area contributed by atoms with Crippen LogP contribution in [0.5, 0.6) is 0 Å². The van der Waals surface area contributed by atoms with Crippen LogP contribution in [0.25, 0.3) is 0 Å². The fourth-order valence-electron chi connectivity index (χ4n) is 3.46. The molecule has 0 saturated heterocycles. The second kappa shape index (κ2) is 5.04. The lowest BCUT2D eigenvalue weighted by molar-refractivity contribution is 0.446. The minimum Gasteiger partial charge on any atom is -0.316 e. The molecular formula is C15H25N3. The molecule has 0 bridgehead atoms. The first-order valence-electron chi connectivity index (χ1n) is 7.49. The van der Waals surface area contributed by atoms with Crippen molar-refractivity contribution in [2.75, 3.05) is 7.05 Å². The fraction of sp³-hybridized carbons (Fsp3) is 0.800. The molecule has 1 heterocycles. The minimum atomic E-state index is 0.618. The van der Waals surface area contributed by atoms with E-state index in [2.05, 4.69) is 36.2 Å². The summed E-state index contributed by atoms with van der Waals surface area (Å²) in [5.74, 6) is 1.77. The van der Waals surface area contributed by atoms with E-state index in [4.69, 9.17) is 5.10 Å². The average molecular weight is 247 g/mol. The van der Waals surface area contributed by atoms with Gasteiger partial charge in [0.15, 0.2) is 0 Å². The molecule has 0 aromatic carbocycles. The van der Waals surface area contributed by atoms with Crippen LogP contribution in [-0.2, 0) is 6.42 Å². The van der Waals surface area contributed by atoms with Gasteiger partial charge in [-0.25, -0.2) is 0 Å². The summed E-state index contributed by atoms with van der Waals surface area (Å²) in [6.45, 7) is 2.35. The number of hydrogen-bond donors (Lipinski definition) is 1. The number of rotatable bonds is 5. The van der Waals surface area contributed by atoms with E-state index in [1.54, 1.807) is 0 Å². The van der Waals surface area contributed by atoms with Gasteiger partial charge in [0.05, 0.1) is 11.7 Å². The first-order chi connectivity index (χ1) is 8.78. The zero-order valence-corrected chi connectivity index (χ0v) is 11.6. The fourth-order valence-corrected chi connectivity index (χ4v) is 3.46. The molecule has 3 rings (SSSR count). The third-order valence-corrected chi connectivity index (χ3v) is 4.85. The molecule has 1 aromatic heterocycles. The van der Waals surface area contributed by atoms with E-state index in [9.17, 15) is 0 Å². The van der Waals surface area contributed by atoms with Crippen molar-refractivity contribution in [3.63, 3.8) is 0 Å². The summed E-state index contributed by atoms with van der Waals surface area (Å²) in [7, 11) is 2.09. The Labute approximate surface area is 110 Å². The lowest BCUT2D eigenvalue weighted by Gasteiger charge is -2.14. The summed E-state index contributed by atoms with van der Waals surface area (Å²) in [4.78, 5) is 0. The largest absolute Gasteiger partial charge is 0.316 e. The summed E-state index contributed by atoms with van der Waals surface area (Å²) in [5.41, 5.74) is 1.26. The first-order valence-corrected chi connectivity index (χ1v) is 7.49. The smallest absolute Gasteiger partial charge is 0.0640 e. The van der Waals surface area contributed by atoms with Gasteiger partial charge in [-0.3, -0.25) is 4.68 Å². The average Bonchev–Trinajstić information content (AvgIpc) is 2.86. The van der Waals surface area contributed by atoms with E-state index in [1.807, 2.05) is 0 Å². The van der Waals surface area contributed by atoms with Crippen molar-refractivity contribution >= 4 is 0 Å².